The Morgan fingerprint density at radius 2 is 2.27 bits per heavy atom. The van der Waals surface area contributed by atoms with E-state index in [1.54, 1.807) is 0 Å². The summed E-state index contributed by atoms with van der Waals surface area (Å²) in [6, 6.07) is 0. The molecule has 1 aromatic heterocycles. The standard InChI is InChI=1S/C11H20N4/c1-9(6-7-12)4-5-11-14-13-10-3-2-8-15(10)11/h9H,2-8,12H2,1H3. The van der Waals surface area contributed by atoms with Crippen LogP contribution in [-0.2, 0) is 19.4 Å². The largest absolute Gasteiger partial charge is 0.330 e. The molecule has 4 heteroatoms. The van der Waals surface area contributed by atoms with E-state index in [0.717, 1.165) is 32.4 Å². The predicted octanol–water partition coefficient (Wildman–Crippen LogP) is 1.14. The van der Waals surface area contributed by atoms with Crippen LogP contribution in [0, 0.1) is 5.92 Å². The Kier molecular flexibility index (Phi) is 3.36. The molecular formula is C11H20N4. The normalized spacial score (nSPS) is 16.7. The summed E-state index contributed by atoms with van der Waals surface area (Å²) in [7, 11) is 0. The number of fused-ring (bicyclic) bond motifs is 1. The predicted molar refractivity (Wildman–Crippen MR) is 59.5 cm³/mol. The third kappa shape index (κ3) is 2.37. The van der Waals surface area contributed by atoms with Gasteiger partial charge in [0, 0.05) is 19.4 Å². The molecule has 1 aliphatic heterocycles. The molecule has 2 N–H and O–H groups in total. The highest BCUT2D eigenvalue weighted by Gasteiger charge is 2.17. The first-order chi connectivity index (χ1) is 7.31. The number of nitrogens with two attached hydrogens (primary N) is 1. The Labute approximate surface area is 90.9 Å². The second-order valence-corrected chi connectivity index (χ2v) is 4.51. The molecule has 0 amide bonds. The van der Waals surface area contributed by atoms with Crippen LogP contribution in [0.15, 0.2) is 0 Å². The summed E-state index contributed by atoms with van der Waals surface area (Å²) in [5, 5.41) is 8.46. The van der Waals surface area contributed by atoms with Crippen molar-refractivity contribution in [2.75, 3.05) is 6.54 Å². The molecule has 0 radical (unpaired) electrons. The van der Waals surface area contributed by atoms with Crippen LogP contribution in [0.4, 0.5) is 0 Å². The zero-order chi connectivity index (χ0) is 10.7. The van der Waals surface area contributed by atoms with E-state index in [-0.39, 0.29) is 0 Å². The molecule has 0 bridgehead atoms. The van der Waals surface area contributed by atoms with Crippen LogP contribution in [0.3, 0.4) is 0 Å². The van der Waals surface area contributed by atoms with E-state index in [1.807, 2.05) is 0 Å². The molecule has 0 spiro atoms. The summed E-state index contributed by atoms with van der Waals surface area (Å²) in [5.74, 6) is 3.05. The minimum atomic E-state index is 0.698. The first-order valence-corrected chi connectivity index (χ1v) is 5.92. The second-order valence-electron chi connectivity index (χ2n) is 4.51. The van der Waals surface area contributed by atoms with E-state index >= 15 is 0 Å². The monoisotopic (exact) mass is 208 g/mol. The summed E-state index contributed by atoms with van der Waals surface area (Å²) in [5.41, 5.74) is 5.54. The van der Waals surface area contributed by atoms with Crippen molar-refractivity contribution >= 4 is 0 Å². The van der Waals surface area contributed by atoms with Gasteiger partial charge in [-0.15, -0.1) is 10.2 Å². The molecule has 2 rings (SSSR count). The van der Waals surface area contributed by atoms with Crippen LogP contribution < -0.4 is 5.73 Å². The molecule has 0 saturated carbocycles. The summed E-state index contributed by atoms with van der Waals surface area (Å²) in [6.07, 6.45) is 5.67. The van der Waals surface area contributed by atoms with Crippen LogP contribution >= 0.6 is 0 Å². The number of rotatable bonds is 5. The van der Waals surface area contributed by atoms with E-state index < -0.39 is 0 Å². The summed E-state index contributed by atoms with van der Waals surface area (Å²) >= 11 is 0. The van der Waals surface area contributed by atoms with Crippen molar-refractivity contribution in [1.29, 1.82) is 0 Å². The highest BCUT2D eigenvalue weighted by molar-refractivity contribution is 5.00. The molecule has 4 nitrogen and oxygen atoms in total. The Hall–Kier alpha value is -0.900. The molecular weight excluding hydrogens is 188 g/mol. The van der Waals surface area contributed by atoms with Gasteiger partial charge < -0.3 is 10.3 Å². The smallest absolute Gasteiger partial charge is 0.133 e. The lowest BCUT2D eigenvalue weighted by atomic mass is 10.0. The van der Waals surface area contributed by atoms with Crippen LogP contribution in [0.5, 0.6) is 0 Å². The third-order valence-electron chi connectivity index (χ3n) is 3.21. The van der Waals surface area contributed by atoms with Gasteiger partial charge in [0.25, 0.3) is 0 Å². The lowest BCUT2D eigenvalue weighted by molar-refractivity contribution is 0.486. The maximum atomic E-state index is 5.54. The Bertz CT molecular complexity index is 318. The fourth-order valence-electron chi connectivity index (χ4n) is 2.20. The van der Waals surface area contributed by atoms with Gasteiger partial charge in [-0.2, -0.15) is 0 Å². The first-order valence-electron chi connectivity index (χ1n) is 5.92. The van der Waals surface area contributed by atoms with Crippen LogP contribution in [0.25, 0.3) is 0 Å². The van der Waals surface area contributed by atoms with E-state index in [4.69, 9.17) is 5.73 Å². The summed E-state index contributed by atoms with van der Waals surface area (Å²) in [6.45, 7) is 4.16. The van der Waals surface area contributed by atoms with Crippen molar-refractivity contribution in [2.45, 2.75) is 45.6 Å². The van der Waals surface area contributed by atoms with Gasteiger partial charge >= 0.3 is 0 Å². The van der Waals surface area contributed by atoms with Gasteiger partial charge in [0.15, 0.2) is 0 Å². The maximum absolute atomic E-state index is 5.54. The minimum Gasteiger partial charge on any atom is -0.330 e. The molecule has 1 aromatic rings. The fourth-order valence-corrected chi connectivity index (χ4v) is 2.20. The minimum absolute atomic E-state index is 0.698. The molecule has 1 unspecified atom stereocenters. The molecule has 1 aliphatic rings. The van der Waals surface area contributed by atoms with Gasteiger partial charge in [0.1, 0.15) is 11.6 Å². The van der Waals surface area contributed by atoms with Crippen molar-refractivity contribution in [3.8, 4) is 0 Å². The lowest BCUT2D eigenvalue weighted by Gasteiger charge is -2.09. The van der Waals surface area contributed by atoms with E-state index in [0.29, 0.717) is 5.92 Å². The van der Waals surface area contributed by atoms with Gasteiger partial charge in [0.05, 0.1) is 0 Å². The molecule has 15 heavy (non-hydrogen) atoms. The van der Waals surface area contributed by atoms with Gasteiger partial charge in [-0.25, -0.2) is 0 Å². The quantitative estimate of drug-likeness (QED) is 0.789. The zero-order valence-corrected chi connectivity index (χ0v) is 9.45. The van der Waals surface area contributed by atoms with Crippen molar-refractivity contribution in [2.24, 2.45) is 11.7 Å². The van der Waals surface area contributed by atoms with Crippen molar-refractivity contribution in [1.82, 2.24) is 14.8 Å². The topological polar surface area (TPSA) is 56.7 Å². The summed E-state index contributed by atoms with van der Waals surface area (Å²) in [4.78, 5) is 0. The molecule has 2 heterocycles. The number of aromatic nitrogens is 3. The number of hydrogen-bond donors (Lipinski definition) is 1. The fraction of sp³-hybridized carbons (Fsp3) is 0.818. The Morgan fingerprint density at radius 1 is 1.40 bits per heavy atom. The van der Waals surface area contributed by atoms with Crippen molar-refractivity contribution in [3.63, 3.8) is 0 Å². The van der Waals surface area contributed by atoms with Gasteiger partial charge in [0.2, 0.25) is 0 Å². The first kappa shape index (κ1) is 10.6. The van der Waals surface area contributed by atoms with Crippen molar-refractivity contribution in [3.05, 3.63) is 11.6 Å². The molecule has 0 saturated heterocycles. The van der Waals surface area contributed by atoms with Crippen LogP contribution in [0.2, 0.25) is 0 Å². The van der Waals surface area contributed by atoms with Crippen molar-refractivity contribution < 1.29 is 0 Å². The lowest BCUT2D eigenvalue weighted by Crippen LogP contribution is -2.08. The number of nitrogens with zero attached hydrogens (tertiary/aromatic N) is 3. The van der Waals surface area contributed by atoms with E-state index in [1.165, 1.54) is 24.5 Å². The second kappa shape index (κ2) is 4.75. The molecule has 0 fully saturated rings. The number of hydrogen-bond acceptors (Lipinski definition) is 3. The SMILES string of the molecule is CC(CCN)CCc1nnc2n1CCC2. The van der Waals surface area contributed by atoms with Crippen LogP contribution in [-0.4, -0.2) is 21.3 Å². The highest BCUT2D eigenvalue weighted by Crippen LogP contribution is 2.17. The van der Waals surface area contributed by atoms with E-state index in [9.17, 15) is 0 Å². The average molecular weight is 208 g/mol. The average Bonchev–Trinajstić information content (AvgIpc) is 2.77. The summed E-state index contributed by atoms with van der Waals surface area (Å²) < 4.78 is 2.29. The van der Waals surface area contributed by atoms with Gasteiger partial charge in [-0.3, -0.25) is 0 Å². The van der Waals surface area contributed by atoms with Crippen LogP contribution in [0.1, 0.15) is 37.8 Å². The molecule has 1 atom stereocenters. The Morgan fingerprint density at radius 3 is 3.07 bits per heavy atom. The molecule has 84 valence electrons. The Balaban J connectivity index is 1.88. The van der Waals surface area contributed by atoms with E-state index in [2.05, 4.69) is 21.7 Å². The van der Waals surface area contributed by atoms with Gasteiger partial charge in [-0.05, 0) is 31.7 Å². The highest BCUT2D eigenvalue weighted by atomic mass is 15.3. The zero-order valence-electron chi connectivity index (χ0n) is 9.45. The van der Waals surface area contributed by atoms with Gasteiger partial charge in [-0.1, -0.05) is 6.92 Å². The molecule has 0 aliphatic carbocycles. The molecule has 0 aromatic carbocycles. The maximum Gasteiger partial charge on any atom is 0.133 e. The number of aryl methyl sites for hydroxylation is 2. The third-order valence-corrected chi connectivity index (χ3v) is 3.21.